The van der Waals surface area contributed by atoms with Crippen molar-refractivity contribution in [2.45, 2.75) is 70.3 Å². The highest BCUT2D eigenvalue weighted by atomic mass is 16.3. The van der Waals surface area contributed by atoms with E-state index in [0.717, 1.165) is 24.7 Å². The van der Waals surface area contributed by atoms with Crippen LogP contribution in [0.15, 0.2) is 24.3 Å². The Bertz CT molecular complexity index is 451. The summed E-state index contributed by atoms with van der Waals surface area (Å²) in [6.45, 7) is 4.63. The molecule has 0 atom stereocenters. The lowest BCUT2D eigenvalue weighted by Gasteiger charge is -2.40. The van der Waals surface area contributed by atoms with E-state index in [1.54, 1.807) is 0 Å². The molecule has 1 nitrogen and oxygen atoms in total. The number of rotatable bonds is 3. The molecule has 0 bridgehead atoms. The Morgan fingerprint density at radius 3 is 2.25 bits per heavy atom. The average molecular weight is 272 g/mol. The zero-order chi connectivity index (χ0) is 14.2. The minimum atomic E-state index is -0.558. The molecule has 1 heteroatoms. The molecule has 2 fully saturated rings. The molecule has 1 N–H and O–H groups in total. The third-order valence-corrected chi connectivity index (χ3v) is 5.81. The van der Waals surface area contributed by atoms with Crippen LogP contribution in [0.5, 0.6) is 0 Å². The first-order chi connectivity index (χ1) is 9.60. The summed E-state index contributed by atoms with van der Waals surface area (Å²) in [4.78, 5) is 0. The Kier molecular flexibility index (Phi) is 3.90. The van der Waals surface area contributed by atoms with E-state index in [1.165, 1.54) is 43.2 Å². The number of hydrogen-bond acceptors (Lipinski definition) is 1. The van der Waals surface area contributed by atoms with Gasteiger partial charge in [0, 0.05) is 0 Å². The SMILES string of the molecule is CC(C)C1CCC(O)(c2ccccc2C2CCC2)CC1. The van der Waals surface area contributed by atoms with Gasteiger partial charge in [-0.1, -0.05) is 44.5 Å². The van der Waals surface area contributed by atoms with Gasteiger partial charge >= 0.3 is 0 Å². The van der Waals surface area contributed by atoms with Crippen LogP contribution in [-0.2, 0) is 5.60 Å². The summed E-state index contributed by atoms with van der Waals surface area (Å²) in [5, 5.41) is 11.2. The molecule has 0 heterocycles. The Labute approximate surface area is 123 Å². The lowest BCUT2D eigenvalue weighted by atomic mass is 9.68. The highest BCUT2D eigenvalue weighted by Gasteiger charge is 2.38. The molecular formula is C19H28O. The van der Waals surface area contributed by atoms with Crippen LogP contribution >= 0.6 is 0 Å². The van der Waals surface area contributed by atoms with Crippen molar-refractivity contribution in [3.63, 3.8) is 0 Å². The molecule has 110 valence electrons. The molecule has 20 heavy (non-hydrogen) atoms. The van der Waals surface area contributed by atoms with Gasteiger partial charge in [0.05, 0.1) is 5.60 Å². The van der Waals surface area contributed by atoms with Gasteiger partial charge in [-0.2, -0.15) is 0 Å². The van der Waals surface area contributed by atoms with Gasteiger partial charge in [0.15, 0.2) is 0 Å². The fourth-order valence-corrected chi connectivity index (χ4v) is 4.05. The molecule has 0 spiro atoms. The molecule has 2 aliphatic carbocycles. The molecule has 3 rings (SSSR count). The lowest BCUT2D eigenvalue weighted by molar-refractivity contribution is -0.0211. The maximum atomic E-state index is 11.2. The van der Waals surface area contributed by atoms with Crippen LogP contribution in [0.2, 0.25) is 0 Å². The maximum absolute atomic E-state index is 11.2. The van der Waals surface area contributed by atoms with Crippen molar-refractivity contribution >= 4 is 0 Å². The van der Waals surface area contributed by atoms with Crippen LogP contribution in [0, 0.1) is 11.8 Å². The average Bonchev–Trinajstić information content (AvgIpc) is 2.38. The summed E-state index contributed by atoms with van der Waals surface area (Å²) in [6, 6.07) is 8.68. The Morgan fingerprint density at radius 2 is 1.70 bits per heavy atom. The topological polar surface area (TPSA) is 20.2 Å². The van der Waals surface area contributed by atoms with Crippen molar-refractivity contribution in [2.75, 3.05) is 0 Å². The summed E-state index contributed by atoms with van der Waals surface area (Å²) in [5.74, 6) is 2.26. The van der Waals surface area contributed by atoms with E-state index in [9.17, 15) is 5.11 Å². The van der Waals surface area contributed by atoms with E-state index < -0.39 is 5.60 Å². The molecule has 0 unspecified atom stereocenters. The van der Waals surface area contributed by atoms with Crippen LogP contribution in [-0.4, -0.2) is 5.11 Å². The monoisotopic (exact) mass is 272 g/mol. The van der Waals surface area contributed by atoms with Crippen molar-refractivity contribution in [1.29, 1.82) is 0 Å². The van der Waals surface area contributed by atoms with Crippen molar-refractivity contribution < 1.29 is 5.11 Å². The van der Waals surface area contributed by atoms with Gasteiger partial charge in [-0.3, -0.25) is 0 Å². The van der Waals surface area contributed by atoms with E-state index in [-0.39, 0.29) is 0 Å². The standard InChI is InChI=1S/C19H28O/c1-14(2)15-10-12-19(20,13-11-15)18-9-4-3-8-17(18)16-6-5-7-16/h3-4,8-9,14-16,20H,5-7,10-13H2,1-2H3. The van der Waals surface area contributed by atoms with Crippen molar-refractivity contribution in [3.8, 4) is 0 Å². The van der Waals surface area contributed by atoms with E-state index in [1.807, 2.05) is 0 Å². The van der Waals surface area contributed by atoms with E-state index >= 15 is 0 Å². The number of benzene rings is 1. The van der Waals surface area contributed by atoms with Crippen LogP contribution in [0.3, 0.4) is 0 Å². The third kappa shape index (κ3) is 2.53. The molecule has 0 aliphatic heterocycles. The van der Waals surface area contributed by atoms with Gasteiger partial charge in [0.2, 0.25) is 0 Å². The minimum Gasteiger partial charge on any atom is -0.385 e. The van der Waals surface area contributed by atoms with Gasteiger partial charge in [-0.25, -0.2) is 0 Å². The molecule has 1 aromatic carbocycles. The first-order valence-corrected chi connectivity index (χ1v) is 8.42. The fraction of sp³-hybridized carbons (Fsp3) is 0.684. The summed E-state index contributed by atoms with van der Waals surface area (Å²) in [6.07, 6.45) is 8.20. The quantitative estimate of drug-likeness (QED) is 0.822. The summed E-state index contributed by atoms with van der Waals surface area (Å²) < 4.78 is 0. The van der Waals surface area contributed by atoms with Crippen molar-refractivity contribution in [1.82, 2.24) is 0 Å². The predicted octanol–water partition coefficient (Wildman–Crippen LogP) is 4.99. The largest absolute Gasteiger partial charge is 0.385 e. The van der Waals surface area contributed by atoms with Crippen LogP contribution in [0.25, 0.3) is 0 Å². The Hall–Kier alpha value is -0.820. The zero-order valence-electron chi connectivity index (χ0n) is 12.9. The normalized spacial score (nSPS) is 31.3. The smallest absolute Gasteiger partial charge is 0.0899 e. The number of hydrogen-bond donors (Lipinski definition) is 1. The van der Waals surface area contributed by atoms with E-state index in [4.69, 9.17) is 0 Å². The van der Waals surface area contributed by atoms with Crippen molar-refractivity contribution in [2.24, 2.45) is 11.8 Å². The highest BCUT2D eigenvalue weighted by molar-refractivity contribution is 5.36. The molecule has 2 saturated carbocycles. The summed E-state index contributed by atoms with van der Waals surface area (Å²) in [5.41, 5.74) is 2.12. The fourth-order valence-electron chi connectivity index (χ4n) is 4.05. The zero-order valence-corrected chi connectivity index (χ0v) is 12.9. The van der Waals surface area contributed by atoms with Gasteiger partial charge in [0.1, 0.15) is 0 Å². The van der Waals surface area contributed by atoms with Crippen molar-refractivity contribution in [3.05, 3.63) is 35.4 Å². The number of aliphatic hydroxyl groups is 1. The van der Waals surface area contributed by atoms with Crippen LogP contribution in [0.1, 0.15) is 75.8 Å². The molecule has 2 aliphatic rings. The molecule has 0 radical (unpaired) electrons. The van der Waals surface area contributed by atoms with Gasteiger partial charge < -0.3 is 5.11 Å². The van der Waals surface area contributed by atoms with Gasteiger partial charge in [-0.15, -0.1) is 0 Å². The molecule has 0 amide bonds. The van der Waals surface area contributed by atoms with Gasteiger partial charge in [-0.05, 0) is 67.4 Å². The third-order valence-electron chi connectivity index (χ3n) is 5.81. The Morgan fingerprint density at radius 1 is 1.05 bits per heavy atom. The lowest BCUT2D eigenvalue weighted by Crippen LogP contribution is -2.34. The van der Waals surface area contributed by atoms with E-state index in [0.29, 0.717) is 5.92 Å². The summed E-state index contributed by atoms with van der Waals surface area (Å²) in [7, 11) is 0. The molecule has 1 aromatic rings. The summed E-state index contributed by atoms with van der Waals surface area (Å²) >= 11 is 0. The van der Waals surface area contributed by atoms with E-state index in [2.05, 4.69) is 38.1 Å². The molecule has 0 aromatic heterocycles. The maximum Gasteiger partial charge on any atom is 0.0899 e. The second-order valence-electron chi connectivity index (χ2n) is 7.33. The minimum absolute atomic E-state index is 0.558. The first-order valence-electron chi connectivity index (χ1n) is 8.42. The molecular weight excluding hydrogens is 244 g/mol. The second kappa shape index (κ2) is 5.52. The Balaban J connectivity index is 1.82. The van der Waals surface area contributed by atoms with Crippen LogP contribution < -0.4 is 0 Å². The van der Waals surface area contributed by atoms with Gasteiger partial charge in [0.25, 0.3) is 0 Å². The first kappa shape index (κ1) is 14.1. The van der Waals surface area contributed by atoms with Crippen LogP contribution in [0.4, 0.5) is 0 Å². The molecule has 0 saturated heterocycles. The predicted molar refractivity (Wildman–Crippen MR) is 83.7 cm³/mol. The highest BCUT2D eigenvalue weighted by Crippen LogP contribution is 2.46. The second-order valence-corrected chi connectivity index (χ2v) is 7.33.